The third kappa shape index (κ3) is 7.88. The number of hydrogen-bond acceptors (Lipinski definition) is 5. The fraction of sp³-hybridized carbons (Fsp3) is 0.412. The zero-order valence-corrected chi connectivity index (χ0v) is 14.2. The van der Waals surface area contributed by atoms with Gasteiger partial charge in [0.2, 0.25) is 0 Å². The first-order valence-corrected chi connectivity index (χ1v) is 8.08. The van der Waals surface area contributed by atoms with Crippen molar-refractivity contribution in [2.75, 3.05) is 12.4 Å². The molecule has 0 N–H and O–H groups in total. The van der Waals surface area contributed by atoms with Crippen LogP contribution >= 0.6 is 11.8 Å². The Morgan fingerprint density at radius 1 is 1.18 bits per heavy atom. The molecule has 0 aromatic heterocycles. The number of ether oxygens (including phenoxy) is 2. The lowest BCUT2D eigenvalue weighted by Crippen LogP contribution is -2.24. The second-order valence-electron chi connectivity index (χ2n) is 5.53. The lowest BCUT2D eigenvalue weighted by atomic mass is 10.2. The molecule has 0 aliphatic heterocycles. The van der Waals surface area contributed by atoms with Gasteiger partial charge in [0.05, 0.1) is 12.4 Å². The molecule has 1 aromatic carbocycles. The van der Waals surface area contributed by atoms with Crippen molar-refractivity contribution >= 4 is 29.8 Å². The second kappa shape index (κ2) is 8.63. The maximum atomic E-state index is 11.6. The van der Waals surface area contributed by atoms with Gasteiger partial charge in [-0.05, 0) is 51.5 Å². The number of thioether (sulfide) groups is 1. The molecule has 0 atom stereocenters. The molecule has 0 aliphatic rings. The normalized spacial score (nSPS) is 11.5. The van der Waals surface area contributed by atoms with E-state index in [9.17, 15) is 9.59 Å². The predicted molar refractivity (Wildman–Crippen MR) is 88.7 cm³/mol. The summed E-state index contributed by atoms with van der Waals surface area (Å²) >= 11 is 1.42. The van der Waals surface area contributed by atoms with Crippen LogP contribution in [0, 0.1) is 0 Å². The third-order valence-corrected chi connectivity index (χ3v) is 3.34. The summed E-state index contributed by atoms with van der Waals surface area (Å²) < 4.78 is 10.1. The fourth-order valence-electron chi connectivity index (χ4n) is 1.54. The molecule has 0 spiro atoms. The minimum absolute atomic E-state index is 0.233. The van der Waals surface area contributed by atoms with Crippen LogP contribution in [0.25, 0.3) is 6.08 Å². The van der Waals surface area contributed by atoms with Crippen LogP contribution < -0.4 is 0 Å². The zero-order valence-electron chi connectivity index (χ0n) is 13.4. The first-order valence-electron chi connectivity index (χ1n) is 7.09. The summed E-state index contributed by atoms with van der Waals surface area (Å²) in [6.07, 6.45) is 3.09. The summed E-state index contributed by atoms with van der Waals surface area (Å²) in [5.41, 5.74) is 0.439. The molecule has 0 bridgehead atoms. The Morgan fingerprint density at radius 2 is 1.82 bits per heavy atom. The van der Waals surface area contributed by atoms with E-state index >= 15 is 0 Å². The topological polar surface area (TPSA) is 52.6 Å². The molecule has 0 unspecified atom stereocenters. The van der Waals surface area contributed by atoms with Crippen LogP contribution in [0.4, 0.5) is 0 Å². The molecule has 1 rings (SSSR count). The molecule has 4 nitrogen and oxygen atoms in total. The predicted octanol–water partition coefficient (Wildman–Crippen LogP) is 3.70. The summed E-state index contributed by atoms with van der Waals surface area (Å²) in [7, 11) is 0. The number of benzene rings is 1. The first kappa shape index (κ1) is 18.3. The fourth-order valence-corrected chi connectivity index (χ4v) is 2.22. The molecule has 0 saturated carbocycles. The van der Waals surface area contributed by atoms with Crippen molar-refractivity contribution in [2.45, 2.75) is 38.2 Å². The van der Waals surface area contributed by atoms with Crippen LogP contribution in [0.2, 0.25) is 0 Å². The van der Waals surface area contributed by atoms with Crippen molar-refractivity contribution in [1.29, 1.82) is 0 Å². The molecule has 0 fully saturated rings. The number of rotatable bonds is 6. The summed E-state index contributed by atoms with van der Waals surface area (Å²) in [6.45, 7) is 7.67. The maximum Gasteiger partial charge on any atom is 0.330 e. The summed E-state index contributed by atoms with van der Waals surface area (Å²) in [5, 5.41) is 0. The number of esters is 2. The van der Waals surface area contributed by atoms with E-state index in [1.165, 1.54) is 17.8 Å². The lowest BCUT2D eigenvalue weighted by Gasteiger charge is -2.19. The van der Waals surface area contributed by atoms with Gasteiger partial charge in [-0.3, -0.25) is 4.79 Å². The van der Waals surface area contributed by atoms with Crippen molar-refractivity contribution in [3.05, 3.63) is 35.9 Å². The largest absolute Gasteiger partial charge is 0.463 e. The summed E-state index contributed by atoms with van der Waals surface area (Å²) in [5.74, 6) is -0.315. The van der Waals surface area contributed by atoms with Crippen molar-refractivity contribution < 1.29 is 19.1 Å². The van der Waals surface area contributed by atoms with E-state index in [2.05, 4.69) is 0 Å². The molecule has 0 aliphatic carbocycles. The Kier molecular flexibility index (Phi) is 7.18. The van der Waals surface area contributed by atoms with Gasteiger partial charge in [0, 0.05) is 11.0 Å². The van der Waals surface area contributed by atoms with Gasteiger partial charge in [-0.1, -0.05) is 12.1 Å². The van der Waals surface area contributed by atoms with Gasteiger partial charge in [0.15, 0.2) is 0 Å². The summed E-state index contributed by atoms with van der Waals surface area (Å²) in [6, 6.07) is 7.57. The molecule has 0 amide bonds. The van der Waals surface area contributed by atoms with Gasteiger partial charge in [-0.2, -0.15) is 0 Å². The van der Waals surface area contributed by atoms with Gasteiger partial charge in [0.25, 0.3) is 0 Å². The standard InChI is InChI=1S/C17H22O4S/c1-5-20-15(18)11-8-13-6-9-14(10-7-13)22-12-16(19)21-17(2,3)4/h6-11H,5,12H2,1-4H3. The Labute approximate surface area is 135 Å². The molecule has 22 heavy (non-hydrogen) atoms. The van der Waals surface area contributed by atoms with Crippen LogP contribution in [-0.4, -0.2) is 29.9 Å². The highest BCUT2D eigenvalue weighted by Crippen LogP contribution is 2.20. The number of carbonyl (C=O) groups excluding carboxylic acids is 2. The van der Waals surface area contributed by atoms with Crippen molar-refractivity contribution in [2.24, 2.45) is 0 Å². The minimum Gasteiger partial charge on any atom is -0.463 e. The molecule has 0 heterocycles. The maximum absolute atomic E-state index is 11.6. The van der Waals surface area contributed by atoms with Gasteiger partial charge in [-0.25, -0.2) is 4.79 Å². The SMILES string of the molecule is CCOC(=O)C=Cc1ccc(SCC(=O)OC(C)(C)C)cc1. The Balaban J connectivity index is 2.48. The molecule has 120 valence electrons. The Bertz CT molecular complexity index is 527. The highest BCUT2D eigenvalue weighted by atomic mass is 32.2. The van der Waals surface area contributed by atoms with E-state index in [1.807, 2.05) is 45.0 Å². The van der Waals surface area contributed by atoms with Crippen molar-refractivity contribution in [3.63, 3.8) is 0 Å². The highest BCUT2D eigenvalue weighted by molar-refractivity contribution is 8.00. The average Bonchev–Trinajstić information content (AvgIpc) is 2.42. The van der Waals surface area contributed by atoms with Crippen molar-refractivity contribution in [3.8, 4) is 0 Å². The monoisotopic (exact) mass is 322 g/mol. The molecule has 1 aromatic rings. The summed E-state index contributed by atoms with van der Waals surface area (Å²) in [4.78, 5) is 23.8. The first-order chi connectivity index (χ1) is 10.3. The zero-order chi connectivity index (χ0) is 16.6. The number of hydrogen-bond donors (Lipinski definition) is 0. The second-order valence-corrected chi connectivity index (χ2v) is 6.58. The van der Waals surface area contributed by atoms with Gasteiger partial charge >= 0.3 is 11.9 Å². The average molecular weight is 322 g/mol. The van der Waals surface area contributed by atoms with Gasteiger partial charge < -0.3 is 9.47 Å². The Morgan fingerprint density at radius 3 is 2.36 bits per heavy atom. The molecule has 5 heteroatoms. The van der Waals surface area contributed by atoms with Crippen LogP contribution in [0.1, 0.15) is 33.3 Å². The van der Waals surface area contributed by atoms with E-state index in [1.54, 1.807) is 13.0 Å². The van der Waals surface area contributed by atoms with Crippen LogP contribution in [0.5, 0.6) is 0 Å². The number of carbonyl (C=O) groups is 2. The minimum atomic E-state index is -0.459. The van der Waals surface area contributed by atoms with E-state index in [4.69, 9.17) is 9.47 Å². The van der Waals surface area contributed by atoms with E-state index < -0.39 is 5.60 Å². The molecular formula is C17H22O4S. The molecule has 0 radical (unpaired) electrons. The van der Waals surface area contributed by atoms with Gasteiger partial charge in [-0.15, -0.1) is 11.8 Å². The molecular weight excluding hydrogens is 300 g/mol. The van der Waals surface area contributed by atoms with Crippen LogP contribution in [0.15, 0.2) is 35.2 Å². The molecule has 0 saturated heterocycles. The van der Waals surface area contributed by atoms with E-state index in [0.29, 0.717) is 6.61 Å². The van der Waals surface area contributed by atoms with E-state index in [0.717, 1.165) is 10.5 Å². The van der Waals surface area contributed by atoms with Gasteiger partial charge in [0.1, 0.15) is 5.60 Å². The van der Waals surface area contributed by atoms with Crippen LogP contribution in [0.3, 0.4) is 0 Å². The van der Waals surface area contributed by atoms with E-state index in [-0.39, 0.29) is 17.7 Å². The smallest absolute Gasteiger partial charge is 0.330 e. The Hall–Kier alpha value is -1.75. The highest BCUT2D eigenvalue weighted by Gasteiger charge is 2.16. The lowest BCUT2D eigenvalue weighted by molar-refractivity contribution is -0.151. The van der Waals surface area contributed by atoms with Crippen molar-refractivity contribution in [1.82, 2.24) is 0 Å². The third-order valence-electron chi connectivity index (χ3n) is 2.36. The quantitative estimate of drug-likeness (QED) is 0.454. The van der Waals surface area contributed by atoms with Crippen LogP contribution in [-0.2, 0) is 19.1 Å².